The number of anilines is 2. The van der Waals surface area contributed by atoms with E-state index in [1.165, 1.54) is 71.7 Å². The number of unbranched alkanes of at least 4 members (excludes halogenated alkanes) is 1. The maximum absolute atomic E-state index is 13.0. The van der Waals surface area contributed by atoms with Gasteiger partial charge in [-0.15, -0.1) is 0 Å². The van der Waals surface area contributed by atoms with Crippen LogP contribution in [0, 0.1) is 0 Å². The third-order valence-electron chi connectivity index (χ3n) is 10.7. The van der Waals surface area contributed by atoms with E-state index < -0.39 is 48.3 Å². The van der Waals surface area contributed by atoms with Crippen molar-refractivity contribution in [3.63, 3.8) is 0 Å². The van der Waals surface area contributed by atoms with E-state index in [1.807, 2.05) is 0 Å². The number of amides is 2. The average molecular weight is 867 g/mol. The highest BCUT2D eigenvalue weighted by molar-refractivity contribution is 6.09. The number of aromatic hydroxyl groups is 1. The molecule has 0 aromatic heterocycles. The predicted molar refractivity (Wildman–Crippen MR) is 225 cm³/mol. The summed E-state index contributed by atoms with van der Waals surface area (Å²) in [6.07, 6.45) is 1.84. The molecular weight excluding hydrogens is 812 g/mol. The Kier molecular flexibility index (Phi) is 14.8. The number of carbonyl (C=O) groups excluding carboxylic acids is 2. The van der Waals surface area contributed by atoms with Crippen molar-refractivity contribution in [1.29, 1.82) is 0 Å². The first-order chi connectivity index (χ1) is 29.7. The van der Waals surface area contributed by atoms with Crippen molar-refractivity contribution in [2.75, 3.05) is 86.5 Å². The highest BCUT2D eigenvalue weighted by Crippen LogP contribution is 2.52. The number of carbonyl (C=O) groups is 2. The van der Waals surface area contributed by atoms with Crippen molar-refractivity contribution in [3.8, 4) is 57.5 Å². The van der Waals surface area contributed by atoms with Crippen molar-refractivity contribution in [1.82, 2.24) is 0 Å². The Hall–Kier alpha value is -6.34. The largest absolute Gasteiger partial charge is 0.504 e. The van der Waals surface area contributed by atoms with Gasteiger partial charge in [0, 0.05) is 24.3 Å². The molecule has 18 nitrogen and oxygen atoms in total. The summed E-state index contributed by atoms with van der Waals surface area (Å²) in [5.74, 6) is 1.86. The molecule has 336 valence electrons. The van der Waals surface area contributed by atoms with Gasteiger partial charge in [0.25, 0.3) is 11.8 Å². The maximum atomic E-state index is 13.0. The first kappa shape index (κ1) is 46.7. The van der Waals surface area contributed by atoms with Crippen LogP contribution in [-0.4, -0.2) is 125 Å². The number of rotatable bonds is 18. The zero-order valence-electron chi connectivity index (χ0n) is 36.1. The van der Waals surface area contributed by atoms with Crippen LogP contribution in [-0.2, 0) is 9.59 Å². The Morgan fingerprint density at radius 1 is 0.532 bits per heavy atom. The van der Waals surface area contributed by atoms with Crippen molar-refractivity contribution in [2.24, 2.45) is 0 Å². The van der Waals surface area contributed by atoms with Gasteiger partial charge in [-0.1, -0.05) is 25.5 Å². The van der Waals surface area contributed by atoms with Gasteiger partial charge >= 0.3 is 0 Å². The summed E-state index contributed by atoms with van der Waals surface area (Å²) < 4.78 is 48.4. The Labute approximate surface area is 359 Å². The minimum Gasteiger partial charge on any atom is -0.504 e. The van der Waals surface area contributed by atoms with E-state index in [0.717, 1.165) is 12.8 Å². The molecule has 0 spiro atoms. The summed E-state index contributed by atoms with van der Waals surface area (Å²) in [6.45, 7) is 1.04. The molecule has 2 aliphatic heterocycles. The number of phenolic OH excluding ortho intramolecular Hbond substituents is 1. The first-order valence-corrected chi connectivity index (χ1v) is 19.4. The van der Waals surface area contributed by atoms with E-state index in [-0.39, 0.29) is 11.5 Å². The summed E-state index contributed by atoms with van der Waals surface area (Å²) in [4.78, 5) is 28.5. The van der Waals surface area contributed by atoms with Gasteiger partial charge in [-0.2, -0.15) is 0 Å². The molecule has 4 aromatic carbocycles. The Morgan fingerprint density at radius 2 is 0.919 bits per heavy atom. The second-order valence-electron chi connectivity index (χ2n) is 14.1. The molecule has 2 saturated heterocycles. The highest BCUT2D eigenvalue weighted by atomic mass is 16.5. The fraction of sp³-hybridized carbons (Fsp3) is 0.409. The van der Waals surface area contributed by atoms with Gasteiger partial charge in [-0.05, 0) is 41.8 Å². The fourth-order valence-electron chi connectivity index (χ4n) is 7.46. The summed E-state index contributed by atoms with van der Waals surface area (Å²) in [7, 11) is 11.7. The molecule has 2 fully saturated rings. The third kappa shape index (κ3) is 8.21. The molecule has 2 amide bonds. The number of aliphatic hydroxyl groups is 4. The average Bonchev–Trinajstić information content (AvgIpc) is 3.30. The number of β-lactam (4-membered cyclic amide) rings is 2. The lowest BCUT2D eigenvalue weighted by Crippen LogP contribution is -2.70. The third-order valence-corrected chi connectivity index (χ3v) is 10.7. The molecule has 62 heavy (non-hydrogen) atoms. The van der Waals surface area contributed by atoms with Crippen molar-refractivity contribution in [3.05, 3.63) is 71.8 Å². The zero-order chi connectivity index (χ0) is 45.5. The van der Waals surface area contributed by atoms with Gasteiger partial charge in [0.2, 0.25) is 11.5 Å². The smallest absolute Gasteiger partial charge is 0.264 e. The minimum absolute atomic E-state index is 0.158. The predicted octanol–water partition coefficient (Wildman–Crippen LogP) is 3.95. The van der Waals surface area contributed by atoms with Crippen LogP contribution in [0.4, 0.5) is 11.4 Å². The van der Waals surface area contributed by atoms with Gasteiger partial charge in [0.05, 0.1) is 88.1 Å². The van der Waals surface area contributed by atoms with Gasteiger partial charge in [0.15, 0.2) is 57.2 Å². The Morgan fingerprint density at radius 3 is 1.26 bits per heavy atom. The molecule has 0 radical (unpaired) electrons. The lowest BCUT2D eigenvalue weighted by molar-refractivity contribution is -0.160. The van der Waals surface area contributed by atoms with E-state index in [9.17, 15) is 35.1 Å². The lowest BCUT2D eigenvalue weighted by Gasteiger charge is -2.52. The molecule has 0 saturated carbocycles. The monoisotopic (exact) mass is 866 g/mol. The van der Waals surface area contributed by atoms with Crippen LogP contribution in [0.15, 0.2) is 60.7 Å². The molecule has 0 aliphatic carbocycles. The lowest BCUT2D eigenvalue weighted by atomic mass is 9.78. The molecule has 5 N–H and O–H groups in total. The number of phenols is 1. The van der Waals surface area contributed by atoms with E-state index in [0.29, 0.717) is 75.1 Å². The molecular formula is C44H54N2O16. The number of aliphatic hydroxyl groups excluding tert-OH is 2. The summed E-state index contributed by atoms with van der Waals surface area (Å²) in [5, 5.41) is 51.5. The van der Waals surface area contributed by atoms with Crippen LogP contribution in [0.1, 0.15) is 43.0 Å². The normalized spacial score (nSPS) is 20.2. The molecule has 0 unspecified atom stereocenters. The van der Waals surface area contributed by atoms with Crippen molar-refractivity contribution < 1.29 is 77.8 Å². The number of nitrogens with zero attached hydrogens (tertiary/aromatic N) is 2. The summed E-state index contributed by atoms with van der Waals surface area (Å²) >= 11 is 0. The van der Waals surface area contributed by atoms with E-state index in [4.69, 9.17) is 42.6 Å². The Balaban J connectivity index is 0.000000236. The summed E-state index contributed by atoms with van der Waals surface area (Å²) in [6, 6.07) is 14.2. The van der Waals surface area contributed by atoms with Gasteiger partial charge in [-0.25, -0.2) is 0 Å². The van der Waals surface area contributed by atoms with Gasteiger partial charge in [0.1, 0.15) is 12.1 Å². The van der Waals surface area contributed by atoms with Crippen LogP contribution < -0.4 is 52.4 Å². The van der Waals surface area contributed by atoms with Crippen molar-refractivity contribution in [2.45, 2.75) is 43.1 Å². The maximum Gasteiger partial charge on any atom is 0.264 e. The SMILES string of the molecule is CCCCOc1cc([C@@H]2N(c3cc(OC)c(OC)c(OC)c3)C(=O)[C@]2(O)CO)ccc1OC.COc1ccc([C@@H]2N(c3cc(OC)c(OC)c(OC)c3)C(=O)[C@]2(O)CO)cc1O. The van der Waals surface area contributed by atoms with Crippen LogP contribution >= 0.6 is 0 Å². The van der Waals surface area contributed by atoms with E-state index in [2.05, 4.69) is 6.92 Å². The Bertz CT molecular complexity index is 2190. The quantitative estimate of drug-likeness (QED) is 0.0705. The number of methoxy groups -OCH3 is 8. The van der Waals surface area contributed by atoms with Gasteiger partial charge in [-0.3, -0.25) is 19.4 Å². The fourth-order valence-corrected chi connectivity index (χ4v) is 7.46. The number of benzene rings is 4. The van der Waals surface area contributed by atoms with Crippen LogP contribution in [0.25, 0.3) is 0 Å². The minimum atomic E-state index is -2.04. The highest BCUT2D eigenvalue weighted by Gasteiger charge is 2.62. The second-order valence-corrected chi connectivity index (χ2v) is 14.1. The second kappa shape index (κ2) is 19.6. The molecule has 4 aromatic rings. The molecule has 0 bridgehead atoms. The molecule has 2 heterocycles. The molecule has 18 heteroatoms. The van der Waals surface area contributed by atoms with Gasteiger partial charge < -0.3 is 68.2 Å². The molecule has 6 rings (SSSR count). The van der Waals surface area contributed by atoms with Crippen LogP contribution in [0.5, 0.6) is 57.5 Å². The number of hydrogen-bond acceptors (Lipinski definition) is 16. The molecule has 4 atom stereocenters. The first-order valence-electron chi connectivity index (χ1n) is 19.4. The summed E-state index contributed by atoms with van der Waals surface area (Å²) in [5.41, 5.74) is -2.26. The standard InChI is InChI=1S/C24H31NO8.C20H23NO8/c1-6-7-10-33-18-11-15(8-9-17(18)29-2)22-24(28,14-26)23(27)25(22)16-12-19(30-3)21(32-5)20(13-16)31-4;1-26-14-6-5-11(7-13(14)23)18-20(25,10-22)19(24)21(18)12-8-15(27-2)17(29-4)16(9-12)28-3/h8-9,11-13,22,26,28H,6-7,10,14H2,1-5H3;5-9,18,22-23,25H,10H2,1-4H3/t22-,24-;18-,20-/m00/s1. The topological polar surface area (TPSA) is 225 Å². The zero-order valence-corrected chi connectivity index (χ0v) is 36.1. The van der Waals surface area contributed by atoms with Crippen LogP contribution in [0.2, 0.25) is 0 Å². The van der Waals surface area contributed by atoms with E-state index >= 15 is 0 Å². The van der Waals surface area contributed by atoms with E-state index in [1.54, 1.807) is 55.6 Å². The number of hydrogen-bond donors (Lipinski definition) is 5. The number of ether oxygens (including phenoxy) is 9. The van der Waals surface area contributed by atoms with Crippen LogP contribution in [0.3, 0.4) is 0 Å². The molecule has 2 aliphatic rings. The van der Waals surface area contributed by atoms with Crippen molar-refractivity contribution >= 4 is 23.2 Å².